The third kappa shape index (κ3) is 3.70. The van der Waals surface area contributed by atoms with Crippen molar-refractivity contribution in [3.8, 4) is 0 Å². The first-order chi connectivity index (χ1) is 9.72. The summed E-state index contributed by atoms with van der Waals surface area (Å²) in [6, 6.07) is 6.11. The molecule has 1 aromatic carbocycles. The Morgan fingerprint density at radius 1 is 1.29 bits per heavy atom. The number of rotatable bonds is 3. The molecular weight excluding hydrogens is 290 g/mol. The maximum Gasteiger partial charge on any atom is 0.243 e. The molecule has 1 aliphatic heterocycles. The molecule has 2 rings (SSSR count). The Kier molecular flexibility index (Phi) is 4.51. The van der Waals surface area contributed by atoms with Crippen molar-refractivity contribution in [2.24, 2.45) is 0 Å². The standard InChI is InChI=1S/C15H21NO4S/c1-12(17)13-5-3-6-14(11-13)21(19,20)16-9-4-7-15(2,18)8-10-16/h3,5-6,11,18H,4,7-10H2,1-2H3. The highest BCUT2D eigenvalue weighted by atomic mass is 32.2. The fraction of sp³-hybridized carbons (Fsp3) is 0.533. The van der Waals surface area contributed by atoms with Gasteiger partial charge in [-0.3, -0.25) is 4.79 Å². The van der Waals surface area contributed by atoms with E-state index in [1.807, 2.05) is 0 Å². The molecule has 1 heterocycles. The number of Topliss-reactive ketones (excluding diaryl/α,β-unsaturated/α-hetero) is 1. The molecule has 0 amide bonds. The maximum atomic E-state index is 12.7. The topological polar surface area (TPSA) is 74.7 Å². The molecule has 0 spiro atoms. The zero-order valence-electron chi connectivity index (χ0n) is 12.4. The van der Waals surface area contributed by atoms with Crippen molar-refractivity contribution in [1.29, 1.82) is 0 Å². The van der Waals surface area contributed by atoms with E-state index >= 15 is 0 Å². The number of hydrogen-bond acceptors (Lipinski definition) is 4. The van der Waals surface area contributed by atoms with E-state index in [0.29, 0.717) is 37.9 Å². The van der Waals surface area contributed by atoms with Crippen LogP contribution in [0.2, 0.25) is 0 Å². The van der Waals surface area contributed by atoms with E-state index in [9.17, 15) is 18.3 Å². The number of aliphatic hydroxyl groups is 1. The van der Waals surface area contributed by atoms with Crippen molar-refractivity contribution in [3.63, 3.8) is 0 Å². The van der Waals surface area contributed by atoms with E-state index in [1.54, 1.807) is 19.1 Å². The predicted molar refractivity (Wildman–Crippen MR) is 79.7 cm³/mol. The summed E-state index contributed by atoms with van der Waals surface area (Å²) >= 11 is 0. The number of carbonyl (C=O) groups excluding carboxylic acids is 1. The zero-order valence-corrected chi connectivity index (χ0v) is 13.2. The SMILES string of the molecule is CC(=O)c1cccc(S(=O)(=O)N2CCCC(C)(O)CC2)c1. The van der Waals surface area contributed by atoms with Crippen LogP contribution in [0.3, 0.4) is 0 Å². The molecule has 5 nitrogen and oxygen atoms in total. The minimum Gasteiger partial charge on any atom is -0.390 e. The number of ketones is 1. The van der Waals surface area contributed by atoms with Crippen molar-refractivity contribution in [3.05, 3.63) is 29.8 Å². The van der Waals surface area contributed by atoms with Gasteiger partial charge in [0.15, 0.2) is 5.78 Å². The molecule has 6 heteroatoms. The van der Waals surface area contributed by atoms with Gasteiger partial charge in [-0.05, 0) is 45.2 Å². The zero-order chi connectivity index (χ0) is 15.7. The lowest BCUT2D eigenvalue weighted by atomic mass is 9.98. The Hall–Kier alpha value is -1.24. The van der Waals surface area contributed by atoms with Crippen LogP contribution < -0.4 is 0 Å². The molecular formula is C15H21NO4S. The molecule has 1 aliphatic rings. The van der Waals surface area contributed by atoms with Crippen molar-refractivity contribution in [1.82, 2.24) is 4.31 Å². The van der Waals surface area contributed by atoms with Gasteiger partial charge in [-0.2, -0.15) is 4.31 Å². The average molecular weight is 311 g/mol. The highest BCUT2D eigenvalue weighted by molar-refractivity contribution is 7.89. The first-order valence-corrected chi connectivity index (χ1v) is 8.50. The Balaban J connectivity index is 2.29. The third-order valence-electron chi connectivity index (χ3n) is 3.90. The summed E-state index contributed by atoms with van der Waals surface area (Å²) in [7, 11) is -3.62. The fourth-order valence-corrected chi connectivity index (χ4v) is 4.03. The van der Waals surface area contributed by atoms with Crippen LogP contribution in [0.25, 0.3) is 0 Å². The summed E-state index contributed by atoms with van der Waals surface area (Å²) in [6.07, 6.45) is 1.63. The lowest BCUT2D eigenvalue weighted by Crippen LogP contribution is -2.33. The van der Waals surface area contributed by atoms with E-state index in [4.69, 9.17) is 0 Å². The van der Waals surface area contributed by atoms with E-state index < -0.39 is 15.6 Å². The minimum absolute atomic E-state index is 0.136. The van der Waals surface area contributed by atoms with E-state index in [1.165, 1.54) is 23.4 Å². The molecule has 0 saturated carbocycles. The highest BCUT2D eigenvalue weighted by Gasteiger charge is 2.31. The maximum absolute atomic E-state index is 12.7. The second-order valence-corrected chi connectivity index (χ2v) is 7.78. The third-order valence-corrected chi connectivity index (χ3v) is 5.80. The summed E-state index contributed by atoms with van der Waals surface area (Å²) in [5, 5.41) is 10.1. The van der Waals surface area contributed by atoms with Gasteiger partial charge in [0.25, 0.3) is 0 Å². The lowest BCUT2D eigenvalue weighted by molar-refractivity contribution is 0.0465. The number of nitrogens with zero attached hydrogens (tertiary/aromatic N) is 1. The Morgan fingerprint density at radius 2 is 2.00 bits per heavy atom. The first kappa shape index (κ1) is 16.1. The van der Waals surface area contributed by atoms with Crippen LogP contribution in [-0.4, -0.2) is 42.3 Å². The largest absolute Gasteiger partial charge is 0.390 e. The Morgan fingerprint density at radius 3 is 2.67 bits per heavy atom. The van der Waals surface area contributed by atoms with Gasteiger partial charge in [0, 0.05) is 18.7 Å². The summed E-state index contributed by atoms with van der Waals surface area (Å²) in [5.41, 5.74) is -0.427. The molecule has 1 aromatic rings. The number of benzene rings is 1. The number of hydrogen-bond donors (Lipinski definition) is 1. The Labute approximate surface area is 125 Å². The molecule has 1 atom stereocenters. The van der Waals surface area contributed by atoms with Crippen molar-refractivity contribution in [2.45, 2.75) is 43.6 Å². The van der Waals surface area contributed by atoms with Gasteiger partial charge in [0.05, 0.1) is 10.5 Å². The summed E-state index contributed by atoms with van der Waals surface area (Å²) in [4.78, 5) is 11.5. The first-order valence-electron chi connectivity index (χ1n) is 7.06. The van der Waals surface area contributed by atoms with Gasteiger partial charge in [0.2, 0.25) is 10.0 Å². The predicted octanol–water partition coefficient (Wildman–Crippen LogP) is 1.81. The molecule has 1 fully saturated rings. The molecule has 0 radical (unpaired) electrons. The fourth-order valence-electron chi connectivity index (χ4n) is 2.50. The van der Waals surface area contributed by atoms with Gasteiger partial charge in [-0.15, -0.1) is 0 Å². The van der Waals surface area contributed by atoms with Crippen LogP contribution in [0.15, 0.2) is 29.2 Å². The number of carbonyl (C=O) groups is 1. The van der Waals surface area contributed by atoms with Gasteiger partial charge in [-0.1, -0.05) is 12.1 Å². The smallest absolute Gasteiger partial charge is 0.243 e. The van der Waals surface area contributed by atoms with E-state index in [2.05, 4.69) is 0 Å². The Bertz CT molecular complexity index is 637. The summed E-state index contributed by atoms with van der Waals surface area (Å²) in [6.45, 7) is 3.83. The van der Waals surface area contributed by atoms with Crippen molar-refractivity contribution in [2.75, 3.05) is 13.1 Å². The summed E-state index contributed by atoms with van der Waals surface area (Å²) in [5.74, 6) is -0.161. The van der Waals surface area contributed by atoms with Gasteiger partial charge in [-0.25, -0.2) is 8.42 Å². The molecule has 0 aliphatic carbocycles. The second-order valence-electron chi connectivity index (χ2n) is 5.84. The highest BCUT2D eigenvalue weighted by Crippen LogP contribution is 2.26. The lowest BCUT2D eigenvalue weighted by Gasteiger charge is -2.22. The van der Waals surface area contributed by atoms with Crippen molar-refractivity contribution < 1.29 is 18.3 Å². The van der Waals surface area contributed by atoms with Crippen LogP contribution in [0.5, 0.6) is 0 Å². The summed E-state index contributed by atoms with van der Waals surface area (Å²) < 4.78 is 26.7. The quantitative estimate of drug-likeness (QED) is 0.864. The van der Waals surface area contributed by atoms with Crippen LogP contribution >= 0.6 is 0 Å². The molecule has 1 N–H and O–H groups in total. The van der Waals surface area contributed by atoms with Gasteiger partial charge in [0.1, 0.15) is 0 Å². The van der Waals surface area contributed by atoms with Crippen LogP contribution in [0.1, 0.15) is 43.5 Å². The molecule has 21 heavy (non-hydrogen) atoms. The minimum atomic E-state index is -3.62. The van der Waals surface area contributed by atoms with Crippen LogP contribution in [0.4, 0.5) is 0 Å². The molecule has 1 saturated heterocycles. The van der Waals surface area contributed by atoms with Gasteiger partial charge >= 0.3 is 0 Å². The second kappa shape index (κ2) is 5.87. The van der Waals surface area contributed by atoms with E-state index in [-0.39, 0.29) is 10.7 Å². The number of sulfonamides is 1. The average Bonchev–Trinajstić information content (AvgIpc) is 2.60. The monoisotopic (exact) mass is 311 g/mol. The van der Waals surface area contributed by atoms with Crippen LogP contribution in [0, 0.1) is 0 Å². The molecule has 0 aromatic heterocycles. The normalized spacial score (nSPS) is 24.5. The molecule has 1 unspecified atom stereocenters. The molecule has 116 valence electrons. The van der Waals surface area contributed by atoms with E-state index in [0.717, 1.165) is 0 Å². The van der Waals surface area contributed by atoms with Crippen LogP contribution in [-0.2, 0) is 10.0 Å². The van der Waals surface area contributed by atoms with Crippen molar-refractivity contribution >= 4 is 15.8 Å². The van der Waals surface area contributed by atoms with Gasteiger partial charge < -0.3 is 5.11 Å². The molecule has 0 bridgehead atoms.